The number of ether oxygens (including phenoxy) is 1. The first-order valence-corrected chi connectivity index (χ1v) is 9.57. The van der Waals surface area contributed by atoms with Crippen molar-refractivity contribution in [3.8, 4) is 5.75 Å². The molecule has 1 aliphatic rings. The molecule has 0 saturated carbocycles. The zero-order valence-electron chi connectivity index (χ0n) is 16.4. The normalized spacial score (nSPS) is 14.9. The third-order valence-electron chi connectivity index (χ3n) is 5.02. The molecule has 0 spiro atoms. The number of carbonyl (C=O) groups is 1. The van der Waals surface area contributed by atoms with E-state index in [1.54, 1.807) is 7.11 Å². The number of carbonyl (C=O) groups excluding carboxylic acids is 1. The first kappa shape index (κ1) is 19.1. The standard InChI is InChI=1S/C21H28N4O2/c1-15-9-12-25(13-10-15)20-14-19(23-16(2)24-20)21(26)22-11-8-17-4-6-18(27-3)7-5-17/h4-7,14-15H,8-13H2,1-3H3,(H,22,26). The molecule has 1 saturated heterocycles. The largest absolute Gasteiger partial charge is 0.497 e. The van der Waals surface area contributed by atoms with Crippen molar-refractivity contribution in [1.29, 1.82) is 0 Å². The van der Waals surface area contributed by atoms with Gasteiger partial charge in [-0.25, -0.2) is 9.97 Å². The van der Waals surface area contributed by atoms with Crippen LogP contribution in [0, 0.1) is 12.8 Å². The van der Waals surface area contributed by atoms with Gasteiger partial charge in [0.25, 0.3) is 5.91 Å². The maximum Gasteiger partial charge on any atom is 0.270 e. The molecule has 0 atom stereocenters. The van der Waals surface area contributed by atoms with Gasteiger partial charge in [0.05, 0.1) is 7.11 Å². The molecule has 6 nitrogen and oxygen atoms in total. The van der Waals surface area contributed by atoms with Crippen LogP contribution in [0.5, 0.6) is 5.75 Å². The fourth-order valence-corrected chi connectivity index (χ4v) is 3.27. The van der Waals surface area contributed by atoms with E-state index in [0.29, 0.717) is 18.1 Å². The Morgan fingerprint density at radius 2 is 1.93 bits per heavy atom. The first-order chi connectivity index (χ1) is 13.0. The molecule has 2 heterocycles. The van der Waals surface area contributed by atoms with Crippen LogP contribution in [0.4, 0.5) is 5.82 Å². The van der Waals surface area contributed by atoms with Gasteiger partial charge in [-0.1, -0.05) is 19.1 Å². The van der Waals surface area contributed by atoms with Gasteiger partial charge in [0, 0.05) is 25.7 Å². The average molecular weight is 368 g/mol. The second-order valence-electron chi connectivity index (χ2n) is 7.18. The molecule has 144 valence electrons. The van der Waals surface area contributed by atoms with Crippen molar-refractivity contribution in [1.82, 2.24) is 15.3 Å². The summed E-state index contributed by atoms with van der Waals surface area (Å²) in [7, 11) is 1.65. The van der Waals surface area contributed by atoms with Gasteiger partial charge >= 0.3 is 0 Å². The average Bonchev–Trinajstić information content (AvgIpc) is 2.68. The SMILES string of the molecule is COc1ccc(CCNC(=O)c2cc(N3CCC(C)CC3)nc(C)n2)cc1. The molecule has 0 bridgehead atoms. The fourth-order valence-electron chi connectivity index (χ4n) is 3.27. The van der Waals surface area contributed by atoms with Crippen LogP contribution in [0.25, 0.3) is 0 Å². The second kappa shape index (κ2) is 8.84. The van der Waals surface area contributed by atoms with Crippen molar-refractivity contribution in [2.75, 3.05) is 31.6 Å². The van der Waals surface area contributed by atoms with E-state index in [1.165, 1.54) is 0 Å². The van der Waals surface area contributed by atoms with Crippen LogP contribution >= 0.6 is 0 Å². The molecule has 1 aliphatic heterocycles. The van der Waals surface area contributed by atoms with Gasteiger partial charge in [-0.05, 0) is 49.8 Å². The summed E-state index contributed by atoms with van der Waals surface area (Å²) in [5.74, 6) is 2.92. The minimum atomic E-state index is -0.152. The van der Waals surface area contributed by atoms with Crippen LogP contribution in [0.3, 0.4) is 0 Å². The van der Waals surface area contributed by atoms with Crippen molar-refractivity contribution in [2.45, 2.75) is 33.1 Å². The number of nitrogens with zero attached hydrogens (tertiary/aromatic N) is 3. The Bertz CT molecular complexity index is 768. The fraction of sp³-hybridized carbons (Fsp3) is 0.476. The van der Waals surface area contributed by atoms with Crippen LogP contribution in [-0.4, -0.2) is 42.6 Å². The minimum Gasteiger partial charge on any atom is -0.497 e. The third-order valence-corrected chi connectivity index (χ3v) is 5.02. The number of methoxy groups -OCH3 is 1. The van der Waals surface area contributed by atoms with E-state index in [0.717, 1.165) is 55.4 Å². The third kappa shape index (κ3) is 5.18. The number of hydrogen-bond donors (Lipinski definition) is 1. The number of nitrogens with one attached hydrogen (secondary N) is 1. The lowest BCUT2D eigenvalue weighted by Gasteiger charge is -2.31. The molecule has 2 aromatic rings. The number of rotatable bonds is 6. The van der Waals surface area contributed by atoms with Gasteiger partial charge in [0.1, 0.15) is 23.1 Å². The van der Waals surface area contributed by atoms with Crippen molar-refractivity contribution in [3.05, 3.63) is 47.4 Å². The monoisotopic (exact) mass is 368 g/mol. The molecule has 3 rings (SSSR count). The summed E-state index contributed by atoms with van der Waals surface area (Å²) in [6, 6.07) is 9.68. The zero-order chi connectivity index (χ0) is 19.2. The molecule has 1 aromatic heterocycles. The molecule has 1 N–H and O–H groups in total. The predicted molar refractivity (Wildman–Crippen MR) is 106 cm³/mol. The highest BCUT2D eigenvalue weighted by Gasteiger charge is 2.19. The quantitative estimate of drug-likeness (QED) is 0.849. The van der Waals surface area contributed by atoms with Gasteiger partial charge in [0.15, 0.2) is 0 Å². The highest BCUT2D eigenvalue weighted by molar-refractivity contribution is 5.92. The Morgan fingerprint density at radius 1 is 1.22 bits per heavy atom. The van der Waals surface area contributed by atoms with E-state index < -0.39 is 0 Å². The molecule has 0 radical (unpaired) electrons. The molecule has 1 aromatic carbocycles. The lowest BCUT2D eigenvalue weighted by Crippen LogP contribution is -2.34. The van der Waals surface area contributed by atoms with Crippen LogP contribution in [0.2, 0.25) is 0 Å². The van der Waals surface area contributed by atoms with Crippen LogP contribution < -0.4 is 15.0 Å². The lowest BCUT2D eigenvalue weighted by molar-refractivity contribution is 0.0948. The van der Waals surface area contributed by atoms with Crippen LogP contribution in [-0.2, 0) is 6.42 Å². The number of aryl methyl sites for hydroxylation is 1. The van der Waals surface area contributed by atoms with Gasteiger partial charge < -0.3 is 15.0 Å². The van der Waals surface area contributed by atoms with Crippen molar-refractivity contribution in [2.24, 2.45) is 5.92 Å². The van der Waals surface area contributed by atoms with E-state index in [9.17, 15) is 4.79 Å². The molecule has 27 heavy (non-hydrogen) atoms. The van der Waals surface area contributed by atoms with Crippen molar-refractivity contribution in [3.63, 3.8) is 0 Å². The Kier molecular flexibility index (Phi) is 6.27. The Balaban J connectivity index is 1.58. The minimum absolute atomic E-state index is 0.152. The van der Waals surface area contributed by atoms with Crippen molar-refractivity contribution < 1.29 is 9.53 Å². The Labute approximate surface area is 161 Å². The predicted octanol–water partition coefficient (Wildman–Crippen LogP) is 3.00. The first-order valence-electron chi connectivity index (χ1n) is 9.57. The van der Waals surface area contributed by atoms with E-state index in [-0.39, 0.29) is 5.91 Å². The van der Waals surface area contributed by atoms with Gasteiger partial charge in [0.2, 0.25) is 0 Å². The van der Waals surface area contributed by atoms with Gasteiger partial charge in [-0.2, -0.15) is 0 Å². The number of piperidine rings is 1. The summed E-state index contributed by atoms with van der Waals surface area (Å²) < 4.78 is 5.16. The summed E-state index contributed by atoms with van der Waals surface area (Å²) in [4.78, 5) is 23.6. The molecule has 1 fully saturated rings. The summed E-state index contributed by atoms with van der Waals surface area (Å²) in [6.07, 6.45) is 3.08. The Morgan fingerprint density at radius 3 is 2.59 bits per heavy atom. The van der Waals surface area contributed by atoms with Crippen molar-refractivity contribution >= 4 is 11.7 Å². The summed E-state index contributed by atoms with van der Waals surface area (Å²) in [5, 5.41) is 2.96. The molecule has 6 heteroatoms. The lowest BCUT2D eigenvalue weighted by atomic mass is 9.99. The molecule has 0 aliphatic carbocycles. The number of amides is 1. The topological polar surface area (TPSA) is 67.3 Å². The Hall–Kier alpha value is -2.63. The molecule has 1 amide bonds. The van der Waals surface area contributed by atoms with Crippen LogP contribution in [0.15, 0.2) is 30.3 Å². The van der Waals surface area contributed by atoms with Crippen LogP contribution in [0.1, 0.15) is 41.6 Å². The van der Waals surface area contributed by atoms with Gasteiger partial charge in [-0.15, -0.1) is 0 Å². The summed E-state index contributed by atoms with van der Waals surface area (Å²) in [6.45, 7) is 6.64. The number of benzene rings is 1. The molecular weight excluding hydrogens is 340 g/mol. The number of hydrogen-bond acceptors (Lipinski definition) is 5. The van der Waals surface area contributed by atoms with E-state index in [1.807, 2.05) is 37.3 Å². The van der Waals surface area contributed by atoms with Gasteiger partial charge in [-0.3, -0.25) is 4.79 Å². The summed E-state index contributed by atoms with van der Waals surface area (Å²) >= 11 is 0. The highest BCUT2D eigenvalue weighted by atomic mass is 16.5. The summed E-state index contributed by atoms with van der Waals surface area (Å²) in [5.41, 5.74) is 1.59. The number of aromatic nitrogens is 2. The van der Waals surface area contributed by atoms with E-state index in [4.69, 9.17) is 4.74 Å². The molecular formula is C21H28N4O2. The highest BCUT2D eigenvalue weighted by Crippen LogP contribution is 2.22. The van der Waals surface area contributed by atoms with E-state index in [2.05, 4.69) is 27.1 Å². The second-order valence-corrected chi connectivity index (χ2v) is 7.18. The maximum absolute atomic E-state index is 12.5. The maximum atomic E-state index is 12.5. The van der Waals surface area contributed by atoms with E-state index >= 15 is 0 Å². The smallest absolute Gasteiger partial charge is 0.270 e. The number of anilines is 1. The molecule has 0 unspecified atom stereocenters. The zero-order valence-corrected chi connectivity index (χ0v) is 16.4.